The number of esters is 1. The minimum Gasteiger partial charge on any atom is -0.457 e. The average Bonchev–Trinajstić information content (AvgIpc) is 3.00. The zero-order chi connectivity index (χ0) is 15.1. The summed E-state index contributed by atoms with van der Waals surface area (Å²) in [5.41, 5.74) is 1.42. The van der Waals surface area contributed by atoms with Gasteiger partial charge < -0.3 is 9.47 Å². The Bertz CT molecular complexity index is 595. The van der Waals surface area contributed by atoms with E-state index in [0.29, 0.717) is 12.3 Å². The van der Waals surface area contributed by atoms with Gasteiger partial charge in [0.05, 0.1) is 18.5 Å². The third-order valence-corrected chi connectivity index (χ3v) is 2.68. The number of carbonyl (C=O) groups excluding carboxylic acids is 1. The molecule has 1 unspecified atom stereocenters. The maximum atomic E-state index is 11.7. The van der Waals surface area contributed by atoms with E-state index in [4.69, 9.17) is 9.47 Å². The number of para-hydroxylation sites is 1. The van der Waals surface area contributed by atoms with Crippen LogP contribution in [0.1, 0.15) is 12.6 Å². The van der Waals surface area contributed by atoms with Crippen LogP contribution in [0.2, 0.25) is 0 Å². The van der Waals surface area contributed by atoms with Gasteiger partial charge in [-0.2, -0.15) is 9.90 Å². The number of aromatic nitrogens is 3. The van der Waals surface area contributed by atoms with Crippen LogP contribution >= 0.6 is 0 Å². The van der Waals surface area contributed by atoms with Crippen molar-refractivity contribution in [3.05, 3.63) is 54.9 Å². The van der Waals surface area contributed by atoms with Gasteiger partial charge >= 0.3 is 5.97 Å². The summed E-state index contributed by atoms with van der Waals surface area (Å²) in [5.74, 6) is -0.439. The lowest BCUT2D eigenvalue weighted by Gasteiger charge is -2.10. The molecule has 0 spiro atoms. The Labute approximate surface area is 123 Å². The topological polar surface area (TPSA) is 66.2 Å². The molecular weight excluding hydrogens is 270 g/mol. The summed E-state index contributed by atoms with van der Waals surface area (Å²) in [6.07, 6.45) is 2.51. The van der Waals surface area contributed by atoms with Crippen molar-refractivity contribution in [3.8, 4) is 5.69 Å². The van der Waals surface area contributed by atoms with Gasteiger partial charge in [-0.3, -0.25) is 0 Å². The maximum Gasteiger partial charge on any atom is 0.335 e. The van der Waals surface area contributed by atoms with Gasteiger partial charge in [0.15, 0.2) is 6.10 Å². The van der Waals surface area contributed by atoms with Crippen LogP contribution in [0.15, 0.2) is 49.2 Å². The molecule has 1 heterocycles. The third kappa shape index (κ3) is 4.25. The summed E-state index contributed by atoms with van der Waals surface area (Å²) in [6, 6.07) is 9.50. The van der Waals surface area contributed by atoms with Gasteiger partial charge in [0, 0.05) is 0 Å². The van der Waals surface area contributed by atoms with Crippen LogP contribution in [-0.4, -0.2) is 33.7 Å². The lowest BCUT2D eigenvalue weighted by Crippen LogP contribution is -2.23. The zero-order valence-electron chi connectivity index (χ0n) is 11.8. The molecule has 2 aromatic rings. The number of nitrogens with zero attached hydrogens (tertiary/aromatic N) is 3. The second-order valence-electron chi connectivity index (χ2n) is 4.33. The summed E-state index contributed by atoms with van der Waals surface area (Å²) in [6.45, 7) is 5.52. The summed E-state index contributed by atoms with van der Waals surface area (Å²) in [4.78, 5) is 13.1. The van der Waals surface area contributed by atoms with Gasteiger partial charge in [-0.05, 0) is 19.1 Å². The van der Waals surface area contributed by atoms with Crippen molar-refractivity contribution in [2.45, 2.75) is 19.6 Å². The van der Waals surface area contributed by atoms with Crippen molar-refractivity contribution >= 4 is 5.97 Å². The van der Waals surface area contributed by atoms with E-state index in [1.807, 2.05) is 30.3 Å². The van der Waals surface area contributed by atoms with Gasteiger partial charge in [0.1, 0.15) is 12.3 Å². The molecule has 2 rings (SSSR count). The Hall–Kier alpha value is -2.47. The largest absolute Gasteiger partial charge is 0.457 e. The van der Waals surface area contributed by atoms with E-state index >= 15 is 0 Å². The van der Waals surface area contributed by atoms with Crippen molar-refractivity contribution < 1.29 is 14.3 Å². The van der Waals surface area contributed by atoms with E-state index in [0.717, 1.165) is 5.69 Å². The highest BCUT2D eigenvalue weighted by molar-refractivity contribution is 5.74. The average molecular weight is 287 g/mol. The molecule has 0 aliphatic rings. The van der Waals surface area contributed by atoms with Gasteiger partial charge in [-0.25, -0.2) is 4.79 Å². The molecule has 0 saturated heterocycles. The van der Waals surface area contributed by atoms with Crippen LogP contribution in [0.5, 0.6) is 0 Å². The normalized spacial score (nSPS) is 11.9. The number of rotatable bonds is 7. The smallest absolute Gasteiger partial charge is 0.335 e. The molecule has 1 aromatic carbocycles. The Morgan fingerprint density at radius 1 is 1.43 bits per heavy atom. The number of hydrogen-bond donors (Lipinski definition) is 0. The third-order valence-electron chi connectivity index (χ3n) is 2.68. The van der Waals surface area contributed by atoms with Crippen LogP contribution in [0, 0.1) is 0 Å². The Balaban J connectivity index is 1.88. The first-order chi connectivity index (χ1) is 10.2. The first kappa shape index (κ1) is 14.9. The van der Waals surface area contributed by atoms with Crippen molar-refractivity contribution in [3.63, 3.8) is 0 Å². The summed E-state index contributed by atoms with van der Waals surface area (Å²) in [7, 11) is 0. The number of benzene rings is 1. The van der Waals surface area contributed by atoms with E-state index in [1.165, 1.54) is 4.80 Å². The minimum atomic E-state index is -0.632. The van der Waals surface area contributed by atoms with Crippen LogP contribution in [0.25, 0.3) is 5.69 Å². The molecule has 0 bridgehead atoms. The number of carbonyl (C=O) groups is 1. The fraction of sp³-hybridized carbons (Fsp3) is 0.267. The van der Waals surface area contributed by atoms with Gasteiger partial charge in [0.2, 0.25) is 0 Å². The van der Waals surface area contributed by atoms with Gasteiger partial charge in [-0.15, -0.1) is 11.7 Å². The summed E-state index contributed by atoms with van der Waals surface area (Å²) >= 11 is 0. The molecule has 6 nitrogen and oxygen atoms in total. The first-order valence-corrected chi connectivity index (χ1v) is 6.56. The van der Waals surface area contributed by atoms with Crippen LogP contribution in [0.4, 0.5) is 0 Å². The standard InChI is InChI=1S/C15H17N3O3/c1-3-9-20-12(2)15(19)21-11-13-10-16-18(17-13)14-7-5-4-6-8-14/h3-8,10,12H,1,9,11H2,2H3. The van der Waals surface area contributed by atoms with Crippen molar-refractivity contribution in [2.24, 2.45) is 0 Å². The molecule has 6 heteroatoms. The maximum absolute atomic E-state index is 11.7. The summed E-state index contributed by atoms with van der Waals surface area (Å²) in [5, 5.41) is 8.37. The minimum absolute atomic E-state index is 0.0630. The van der Waals surface area contributed by atoms with Crippen molar-refractivity contribution in [1.82, 2.24) is 15.0 Å². The van der Waals surface area contributed by atoms with E-state index in [-0.39, 0.29) is 6.61 Å². The zero-order valence-corrected chi connectivity index (χ0v) is 11.8. The van der Waals surface area contributed by atoms with E-state index in [2.05, 4.69) is 16.8 Å². The van der Waals surface area contributed by atoms with Gasteiger partial charge in [-0.1, -0.05) is 24.3 Å². The molecule has 1 atom stereocenters. The highest BCUT2D eigenvalue weighted by Crippen LogP contribution is 2.05. The first-order valence-electron chi connectivity index (χ1n) is 6.56. The number of ether oxygens (including phenoxy) is 2. The predicted octanol–water partition coefficient (Wildman–Crippen LogP) is 1.90. The van der Waals surface area contributed by atoms with Crippen LogP contribution in [0.3, 0.4) is 0 Å². The lowest BCUT2D eigenvalue weighted by atomic mass is 10.3. The molecule has 0 aliphatic heterocycles. The Morgan fingerprint density at radius 2 is 2.19 bits per heavy atom. The van der Waals surface area contributed by atoms with E-state index < -0.39 is 12.1 Å². The molecule has 110 valence electrons. The second-order valence-corrected chi connectivity index (χ2v) is 4.33. The fourth-order valence-electron chi connectivity index (χ4n) is 1.59. The molecule has 1 aromatic heterocycles. The van der Waals surface area contributed by atoms with Crippen molar-refractivity contribution in [1.29, 1.82) is 0 Å². The molecule has 0 N–H and O–H groups in total. The highest BCUT2D eigenvalue weighted by Gasteiger charge is 2.15. The Morgan fingerprint density at radius 3 is 2.90 bits per heavy atom. The number of hydrogen-bond acceptors (Lipinski definition) is 5. The molecule has 0 amide bonds. The van der Waals surface area contributed by atoms with E-state index in [9.17, 15) is 4.79 Å². The highest BCUT2D eigenvalue weighted by atomic mass is 16.6. The molecule has 0 fully saturated rings. The van der Waals surface area contributed by atoms with Crippen LogP contribution < -0.4 is 0 Å². The Kier molecular flexibility index (Phi) is 5.22. The monoisotopic (exact) mass is 287 g/mol. The second kappa shape index (κ2) is 7.35. The molecule has 21 heavy (non-hydrogen) atoms. The quantitative estimate of drug-likeness (QED) is 0.575. The lowest BCUT2D eigenvalue weighted by molar-refractivity contribution is -0.156. The SMILES string of the molecule is C=CCOC(C)C(=O)OCc1cnn(-c2ccccc2)n1. The van der Waals surface area contributed by atoms with Gasteiger partial charge in [0.25, 0.3) is 0 Å². The molecule has 0 aliphatic carbocycles. The molecule has 0 saturated carbocycles. The summed E-state index contributed by atoms with van der Waals surface area (Å²) < 4.78 is 10.3. The van der Waals surface area contributed by atoms with Crippen molar-refractivity contribution in [2.75, 3.05) is 6.61 Å². The fourth-order valence-corrected chi connectivity index (χ4v) is 1.59. The van der Waals surface area contributed by atoms with E-state index in [1.54, 1.807) is 19.2 Å². The molecular formula is C15H17N3O3. The molecule has 0 radical (unpaired) electrons. The predicted molar refractivity (Wildman–Crippen MR) is 76.8 cm³/mol. The van der Waals surface area contributed by atoms with Crippen LogP contribution in [-0.2, 0) is 20.9 Å².